The number of amides is 1. The van der Waals surface area contributed by atoms with E-state index < -0.39 is 0 Å². The Hall–Kier alpha value is -1.77. The number of nitrogens with zero attached hydrogens (tertiary/aromatic N) is 1. The van der Waals surface area contributed by atoms with Crippen LogP contribution in [0.1, 0.15) is 37.4 Å². The maximum absolute atomic E-state index is 10.5. The molecule has 1 aromatic carbocycles. The van der Waals surface area contributed by atoms with Crippen LogP contribution in [-0.2, 0) is 23.7 Å². The fourth-order valence-electron chi connectivity index (χ4n) is 3.92. The van der Waals surface area contributed by atoms with Gasteiger partial charge in [0.05, 0.1) is 0 Å². The molecule has 0 saturated carbocycles. The van der Waals surface area contributed by atoms with E-state index in [0.717, 1.165) is 19.4 Å². The highest BCUT2D eigenvalue weighted by molar-refractivity contribution is 5.86. The van der Waals surface area contributed by atoms with E-state index in [1.807, 2.05) is 0 Å². The van der Waals surface area contributed by atoms with E-state index >= 15 is 0 Å². The summed E-state index contributed by atoms with van der Waals surface area (Å²) in [4.78, 5) is 10.5. The Bertz CT molecular complexity index is 644. The van der Waals surface area contributed by atoms with Gasteiger partial charge in [0.25, 0.3) is 0 Å². The summed E-state index contributed by atoms with van der Waals surface area (Å²) >= 11 is 0. The van der Waals surface area contributed by atoms with Crippen LogP contribution in [-0.4, -0.2) is 17.5 Å². The summed E-state index contributed by atoms with van der Waals surface area (Å²) in [7, 11) is 2.18. The molecule has 3 heteroatoms. The first-order valence-corrected chi connectivity index (χ1v) is 7.41. The monoisotopic (exact) mass is 270 g/mol. The Balaban J connectivity index is 2.10. The Morgan fingerprint density at radius 3 is 3.00 bits per heavy atom. The fraction of sp³-hybridized carbons (Fsp3) is 0.471. The number of para-hydroxylation sites is 1. The lowest BCUT2D eigenvalue weighted by atomic mass is 9.72. The number of rotatable bonds is 4. The Morgan fingerprint density at radius 2 is 2.20 bits per heavy atom. The van der Waals surface area contributed by atoms with E-state index in [-0.39, 0.29) is 5.41 Å². The van der Waals surface area contributed by atoms with E-state index in [4.69, 9.17) is 0 Å². The second-order valence-corrected chi connectivity index (χ2v) is 6.14. The predicted molar refractivity (Wildman–Crippen MR) is 81.9 cm³/mol. The molecule has 1 amide bonds. The number of nitrogens with one attached hydrogen (secondary N) is 1. The van der Waals surface area contributed by atoms with E-state index in [1.54, 1.807) is 0 Å². The summed E-state index contributed by atoms with van der Waals surface area (Å²) in [5, 5.41) is 4.22. The zero-order valence-corrected chi connectivity index (χ0v) is 12.3. The molecular weight excluding hydrogens is 248 g/mol. The topological polar surface area (TPSA) is 34.0 Å². The SMILES string of the molecule is Cn1c2c(c3ccccc31)CCCC2(C)CCNC=O. The second kappa shape index (κ2) is 4.97. The van der Waals surface area contributed by atoms with Gasteiger partial charge in [0.1, 0.15) is 0 Å². The number of carbonyl (C=O) groups is 1. The maximum Gasteiger partial charge on any atom is 0.207 e. The van der Waals surface area contributed by atoms with Crippen LogP contribution in [0.4, 0.5) is 0 Å². The molecule has 0 aliphatic heterocycles. The van der Waals surface area contributed by atoms with Crippen molar-refractivity contribution in [1.29, 1.82) is 0 Å². The Kier molecular flexibility index (Phi) is 3.28. The summed E-state index contributed by atoms with van der Waals surface area (Å²) in [5.74, 6) is 0. The van der Waals surface area contributed by atoms with Gasteiger partial charge in [-0.05, 0) is 37.3 Å². The van der Waals surface area contributed by atoms with Crippen LogP contribution in [0.5, 0.6) is 0 Å². The number of benzene rings is 1. The highest BCUT2D eigenvalue weighted by atomic mass is 16.1. The zero-order valence-electron chi connectivity index (χ0n) is 12.3. The van der Waals surface area contributed by atoms with Crippen LogP contribution in [0.3, 0.4) is 0 Å². The second-order valence-electron chi connectivity index (χ2n) is 6.14. The summed E-state index contributed by atoms with van der Waals surface area (Å²) < 4.78 is 2.37. The summed E-state index contributed by atoms with van der Waals surface area (Å²) in [6.07, 6.45) is 5.41. The maximum atomic E-state index is 10.5. The standard InChI is InChI=1S/C17H22N2O/c1-17(10-11-18-12-20)9-5-7-14-13-6-3-4-8-15(13)19(2)16(14)17/h3-4,6,8,12H,5,7,9-11H2,1-2H3,(H,18,20). The number of aryl methyl sites for hydroxylation is 2. The van der Waals surface area contributed by atoms with Gasteiger partial charge < -0.3 is 9.88 Å². The van der Waals surface area contributed by atoms with Gasteiger partial charge in [-0.2, -0.15) is 0 Å². The lowest BCUT2D eigenvalue weighted by molar-refractivity contribution is -0.109. The Labute approximate surface area is 120 Å². The van der Waals surface area contributed by atoms with Crippen LogP contribution in [0.15, 0.2) is 24.3 Å². The third kappa shape index (κ3) is 1.92. The predicted octanol–water partition coefficient (Wildman–Crippen LogP) is 2.91. The van der Waals surface area contributed by atoms with Gasteiger partial charge in [-0.25, -0.2) is 0 Å². The summed E-state index contributed by atoms with van der Waals surface area (Å²) in [6.45, 7) is 3.09. The molecule has 0 fully saturated rings. The molecule has 3 nitrogen and oxygen atoms in total. The van der Waals surface area contributed by atoms with Gasteiger partial charge in [0.2, 0.25) is 6.41 Å². The average Bonchev–Trinajstić information content (AvgIpc) is 2.75. The number of hydrogen-bond acceptors (Lipinski definition) is 1. The summed E-state index contributed by atoms with van der Waals surface area (Å²) in [6, 6.07) is 8.68. The fourth-order valence-corrected chi connectivity index (χ4v) is 3.92. The first kappa shape index (κ1) is 13.2. The van der Waals surface area contributed by atoms with E-state index in [1.165, 1.54) is 41.4 Å². The third-order valence-electron chi connectivity index (χ3n) is 4.84. The average molecular weight is 270 g/mol. The van der Waals surface area contributed by atoms with Crippen molar-refractivity contribution in [2.24, 2.45) is 7.05 Å². The molecule has 1 aliphatic carbocycles. The zero-order chi connectivity index (χ0) is 14.2. The van der Waals surface area contributed by atoms with Crippen LogP contribution in [0.25, 0.3) is 10.9 Å². The van der Waals surface area contributed by atoms with Crippen molar-refractivity contribution >= 4 is 17.3 Å². The summed E-state index contributed by atoms with van der Waals surface area (Å²) in [5.41, 5.74) is 4.48. The number of carbonyl (C=O) groups excluding carboxylic acids is 1. The van der Waals surface area contributed by atoms with Crippen molar-refractivity contribution in [3.63, 3.8) is 0 Å². The van der Waals surface area contributed by atoms with Gasteiger partial charge in [-0.3, -0.25) is 4.79 Å². The highest BCUT2D eigenvalue weighted by Crippen LogP contribution is 2.43. The number of hydrogen-bond donors (Lipinski definition) is 1. The lowest BCUT2D eigenvalue weighted by Crippen LogP contribution is -2.33. The van der Waals surface area contributed by atoms with Crippen molar-refractivity contribution in [3.05, 3.63) is 35.5 Å². The number of fused-ring (bicyclic) bond motifs is 3. The van der Waals surface area contributed by atoms with Crippen LogP contribution in [0, 0.1) is 0 Å². The third-order valence-corrected chi connectivity index (χ3v) is 4.84. The van der Waals surface area contributed by atoms with Gasteiger partial charge >= 0.3 is 0 Å². The van der Waals surface area contributed by atoms with Gasteiger partial charge in [-0.1, -0.05) is 25.1 Å². The molecule has 1 aliphatic rings. The molecular formula is C17H22N2O. The van der Waals surface area contributed by atoms with Crippen molar-refractivity contribution in [1.82, 2.24) is 9.88 Å². The first-order chi connectivity index (χ1) is 9.67. The minimum absolute atomic E-state index is 0.164. The van der Waals surface area contributed by atoms with Gasteiger partial charge in [-0.15, -0.1) is 0 Å². The molecule has 1 aromatic heterocycles. The van der Waals surface area contributed by atoms with E-state index in [9.17, 15) is 4.79 Å². The van der Waals surface area contributed by atoms with Gasteiger partial charge in [0.15, 0.2) is 0 Å². The molecule has 1 N–H and O–H groups in total. The molecule has 106 valence electrons. The first-order valence-electron chi connectivity index (χ1n) is 7.41. The minimum Gasteiger partial charge on any atom is -0.359 e. The van der Waals surface area contributed by atoms with Crippen molar-refractivity contribution in [2.75, 3.05) is 6.54 Å². The van der Waals surface area contributed by atoms with E-state index in [0.29, 0.717) is 0 Å². The van der Waals surface area contributed by atoms with Crippen molar-refractivity contribution in [3.8, 4) is 0 Å². The van der Waals surface area contributed by atoms with Crippen molar-refractivity contribution < 1.29 is 4.79 Å². The molecule has 3 rings (SSSR count). The van der Waals surface area contributed by atoms with Crippen molar-refractivity contribution in [2.45, 2.75) is 38.0 Å². The van der Waals surface area contributed by atoms with Gasteiger partial charge in [0, 0.05) is 35.6 Å². The lowest BCUT2D eigenvalue weighted by Gasteiger charge is -2.35. The quantitative estimate of drug-likeness (QED) is 0.672. The van der Waals surface area contributed by atoms with E-state index in [2.05, 4.69) is 48.1 Å². The molecule has 1 heterocycles. The normalized spacial score (nSPS) is 21.7. The molecule has 2 aromatic rings. The van der Waals surface area contributed by atoms with Crippen LogP contribution < -0.4 is 5.32 Å². The highest BCUT2D eigenvalue weighted by Gasteiger charge is 2.35. The smallest absolute Gasteiger partial charge is 0.207 e. The molecule has 1 atom stereocenters. The number of aromatic nitrogens is 1. The molecule has 0 spiro atoms. The molecule has 0 bridgehead atoms. The largest absolute Gasteiger partial charge is 0.359 e. The Morgan fingerprint density at radius 1 is 1.40 bits per heavy atom. The molecule has 20 heavy (non-hydrogen) atoms. The molecule has 0 radical (unpaired) electrons. The van der Waals surface area contributed by atoms with Crippen LogP contribution in [0.2, 0.25) is 0 Å². The van der Waals surface area contributed by atoms with Crippen LogP contribution >= 0.6 is 0 Å². The minimum atomic E-state index is 0.164. The molecule has 1 unspecified atom stereocenters. The molecule has 0 saturated heterocycles.